The summed E-state index contributed by atoms with van der Waals surface area (Å²) in [6.45, 7) is 6.79. The number of aliphatic hydroxyl groups is 10. The number of fused-ring (bicyclic) bond motifs is 2. The molecule has 19 nitrogen and oxygen atoms in total. The number of esters is 1. The molecule has 67 heavy (non-hydrogen) atoms. The average Bonchev–Trinajstić information content (AvgIpc) is 3.26. The Morgan fingerprint density at radius 1 is 0.687 bits per heavy atom. The number of hydrogen-bond acceptors (Lipinski definition) is 17. The highest BCUT2D eigenvalue weighted by molar-refractivity contribution is 5.74. The molecule has 0 radical (unpaired) electrons. The second-order valence-corrected chi connectivity index (χ2v) is 18.0. The Kier molecular flexibility index (Phi) is 24.8. The molecule has 0 spiro atoms. The first-order chi connectivity index (χ1) is 31.6. The third-order valence-corrected chi connectivity index (χ3v) is 12.3. The van der Waals surface area contributed by atoms with E-state index in [2.05, 4.69) is 10.6 Å². The number of rotatable bonds is 3. The van der Waals surface area contributed by atoms with Gasteiger partial charge in [-0.3, -0.25) is 4.79 Å². The van der Waals surface area contributed by atoms with Crippen LogP contribution in [0, 0.1) is 11.8 Å². The zero-order chi connectivity index (χ0) is 49.8. The lowest BCUT2D eigenvalue weighted by Gasteiger charge is -2.46. The predicted molar refractivity (Wildman–Crippen MR) is 247 cm³/mol. The Labute approximate surface area is 393 Å². The first-order valence-corrected chi connectivity index (χ1v) is 23.1. The number of carbonyl (C=O) groups excluding carboxylic acids is 2. The topological polar surface area (TPSA) is 323 Å². The van der Waals surface area contributed by atoms with Crippen LogP contribution in [0.15, 0.2) is 85.1 Å². The van der Waals surface area contributed by atoms with E-state index in [0.29, 0.717) is 0 Å². The minimum atomic E-state index is -2.23. The van der Waals surface area contributed by atoms with Crippen molar-refractivity contribution in [3.8, 4) is 0 Å². The van der Waals surface area contributed by atoms with Gasteiger partial charge in [0.1, 0.15) is 12.2 Å². The van der Waals surface area contributed by atoms with Crippen molar-refractivity contribution in [1.82, 2.24) is 10.6 Å². The molecule has 0 aromatic carbocycles. The highest BCUT2D eigenvalue weighted by atomic mass is 16.7. The minimum Gasteiger partial charge on any atom is -0.462 e. The summed E-state index contributed by atoms with van der Waals surface area (Å²) in [7, 11) is 1.37. The lowest BCUT2D eigenvalue weighted by molar-refractivity contribution is -0.303. The van der Waals surface area contributed by atoms with Crippen LogP contribution in [0.2, 0.25) is 0 Å². The largest absolute Gasteiger partial charge is 0.462 e. The molecule has 3 aliphatic heterocycles. The Bertz CT molecular complexity index is 1710. The van der Waals surface area contributed by atoms with Gasteiger partial charge >= 0.3 is 12.0 Å². The molecule has 0 saturated carbocycles. The molecular formula is C48H77N3O16. The van der Waals surface area contributed by atoms with Crippen LogP contribution in [0.1, 0.15) is 79.1 Å². The molecular weight excluding hydrogens is 875 g/mol. The third-order valence-electron chi connectivity index (χ3n) is 12.3. The zero-order valence-corrected chi connectivity index (χ0v) is 39.1. The Morgan fingerprint density at radius 2 is 1.27 bits per heavy atom. The molecule has 1 unspecified atom stereocenters. The van der Waals surface area contributed by atoms with Crippen LogP contribution in [0.25, 0.3) is 0 Å². The Hall–Kier alpha value is -3.64. The van der Waals surface area contributed by atoms with Crippen LogP contribution in [0.5, 0.6) is 0 Å². The lowest BCUT2D eigenvalue weighted by atomic mass is 9.87. The molecule has 2 amide bonds. The fourth-order valence-electron chi connectivity index (χ4n) is 8.06. The van der Waals surface area contributed by atoms with Crippen LogP contribution in [0.3, 0.4) is 0 Å². The number of carbonyl (C=O) groups is 2. The molecule has 0 aromatic heterocycles. The second-order valence-electron chi connectivity index (χ2n) is 18.0. The third kappa shape index (κ3) is 19.7. The van der Waals surface area contributed by atoms with E-state index >= 15 is 0 Å². The molecule has 2 bridgehead atoms. The van der Waals surface area contributed by atoms with Gasteiger partial charge in [0, 0.05) is 44.6 Å². The summed E-state index contributed by atoms with van der Waals surface area (Å²) in [5.74, 6) is -3.68. The first kappa shape index (κ1) is 57.7. The maximum absolute atomic E-state index is 12.6. The number of ether oxygens (including phenoxy) is 4. The monoisotopic (exact) mass is 952 g/mol. The molecule has 380 valence electrons. The van der Waals surface area contributed by atoms with Crippen LogP contribution >= 0.6 is 0 Å². The molecule has 3 rings (SSSR count). The van der Waals surface area contributed by atoms with E-state index in [1.54, 1.807) is 69.4 Å². The van der Waals surface area contributed by atoms with Crippen molar-refractivity contribution in [1.29, 1.82) is 0 Å². The Balaban J connectivity index is 1.89. The van der Waals surface area contributed by atoms with Crippen LogP contribution < -0.4 is 16.4 Å². The molecule has 14 N–H and O–H groups in total. The quantitative estimate of drug-likeness (QED) is 0.169. The highest BCUT2D eigenvalue weighted by Crippen LogP contribution is 2.35. The molecule has 3 heterocycles. The van der Waals surface area contributed by atoms with Gasteiger partial charge in [-0.1, -0.05) is 98.9 Å². The van der Waals surface area contributed by atoms with E-state index < -0.39 is 147 Å². The van der Waals surface area contributed by atoms with Gasteiger partial charge in [-0.25, -0.2) is 4.79 Å². The normalized spacial score (nSPS) is 44.4. The molecule has 3 aliphatic rings. The van der Waals surface area contributed by atoms with Gasteiger partial charge in [0.25, 0.3) is 0 Å². The SMILES string of the molecule is CNC(=O)N[C@H]1[C@@H]2C[C@@H](O[C@@H]3O[C@H](C)[C@@H](O)[C@H](N)[C@@H]3O)/C=C/C=C/C=C/C=C/C=C/C=C/C=C/[C@H](C)[C@@H](O)[C@@H](C)C(C)OC(=O)C[C@H](O)C[C@H](O)CC[C@@H](O)[C@H](O)C[C@H](O)C[C@](O)(C[C@@H]1O)O2. The minimum absolute atomic E-state index is 0.0901. The van der Waals surface area contributed by atoms with Crippen molar-refractivity contribution in [3.63, 3.8) is 0 Å². The maximum atomic E-state index is 12.6. The number of aliphatic hydroxyl groups excluding tert-OH is 9. The number of urea groups is 1. The molecule has 2 saturated heterocycles. The molecule has 2 fully saturated rings. The fourth-order valence-corrected chi connectivity index (χ4v) is 8.06. The van der Waals surface area contributed by atoms with Crippen molar-refractivity contribution in [2.45, 2.75) is 183 Å². The maximum Gasteiger partial charge on any atom is 0.314 e. The molecule has 0 aliphatic carbocycles. The number of nitrogens with one attached hydrogen (secondary N) is 2. The molecule has 19 heteroatoms. The summed E-state index contributed by atoms with van der Waals surface area (Å²) in [6, 6.07) is -2.93. The average molecular weight is 952 g/mol. The highest BCUT2D eigenvalue weighted by Gasteiger charge is 2.49. The smallest absolute Gasteiger partial charge is 0.314 e. The van der Waals surface area contributed by atoms with Crippen molar-refractivity contribution in [2.24, 2.45) is 17.6 Å². The van der Waals surface area contributed by atoms with Gasteiger partial charge in [0.05, 0.1) is 85.6 Å². The first-order valence-electron chi connectivity index (χ1n) is 23.1. The summed E-state index contributed by atoms with van der Waals surface area (Å²) in [5.41, 5.74) is 6.07. The lowest BCUT2D eigenvalue weighted by Crippen LogP contribution is -2.63. The van der Waals surface area contributed by atoms with Crippen LogP contribution in [-0.2, 0) is 23.7 Å². The fraction of sp³-hybridized carbons (Fsp3) is 0.667. The van der Waals surface area contributed by atoms with E-state index in [9.17, 15) is 60.7 Å². The summed E-state index contributed by atoms with van der Waals surface area (Å²) < 4.78 is 23.6. The van der Waals surface area contributed by atoms with Crippen molar-refractivity contribution < 1.29 is 79.6 Å². The van der Waals surface area contributed by atoms with E-state index in [1.165, 1.54) is 7.05 Å². The Morgan fingerprint density at radius 3 is 1.87 bits per heavy atom. The van der Waals surface area contributed by atoms with Crippen molar-refractivity contribution in [2.75, 3.05) is 7.05 Å². The summed E-state index contributed by atoms with van der Waals surface area (Å²) in [6.07, 6.45) is 5.17. The van der Waals surface area contributed by atoms with Crippen molar-refractivity contribution in [3.05, 3.63) is 85.1 Å². The van der Waals surface area contributed by atoms with Gasteiger partial charge in [-0.05, 0) is 33.1 Å². The van der Waals surface area contributed by atoms with E-state index in [4.69, 9.17) is 24.7 Å². The predicted octanol–water partition coefficient (Wildman–Crippen LogP) is 0.309. The summed E-state index contributed by atoms with van der Waals surface area (Å²) in [4.78, 5) is 25.2. The van der Waals surface area contributed by atoms with E-state index in [-0.39, 0.29) is 31.6 Å². The van der Waals surface area contributed by atoms with Gasteiger partial charge in [0.15, 0.2) is 12.1 Å². The number of nitrogens with two attached hydrogens (primary N) is 1. The van der Waals surface area contributed by atoms with Crippen LogP contribution in [-0.4, -0.2) is 174 Å². The van der Waals surface area contributed by atoms with Crippen LogP contribution in [0.4, 0.5) is 4.79 Å². The summed E-state index contributed by atoms with van der Waals surface area (Å²) in [5, 5.41) is 114. The standard InChI is InChI=1S/C48H77N3O16/c1-28-18-16-14-12-10-8-6-7-9-11-13-15-17-19-35(66-46-45(61)41(49)44(60)31(4)65-46)25-39-42(51-47(62)50-5)38(57)27-48(63,67-39)26-34(54)23-37(56)36(55)21-20-32(52)22-33(53)24-40(58)64-30(3)29(2)43(28)59/h6-19,28-39,41-46,52-57,59-61,63H,20-27,49H2,1-5H3,(H2,50,51,62)/b7-6+,10-8+,11-9+,14-12+,15-13+,18-16+,19-17+/t28-,29-,30?,31+,32+,33+,34-,35-,36+,37+,38-,39-,41-,42+,43+,44+,45-,46-,48+/m0/s1. The van der Waals surface area contributed by atoms with E-state index in [1.807, 2.05) is 43.4 Å². The van der Waals surface area contributed by atoms with Gasteiger partial charge in [0.2, 0.25) is 0 Å². The number of allylic oxidation sites excluding steroid dienone is 12. The number of amides is 2. The van der Waals surface area contributed by atoms with E-state index in [0.717, 1.165) is 0 Å². The molecule has 19 atom stereocenters. The van der Waals surface area contributed by atoms with Gasteiger partial charge < -0.3 is 86.4 Å². The number of hydrogen-bond donors (Lipinski definition) is 13. The second kappa shape index (κ2) is 28.8. The summed E-state index contributed by atoms with van der Waals surface area (Å²) >= 11 is 0. The molecule has 0 aromatic rings. The van der Waals surface area contributed by atoms with Crippen molar-refractivity contribution >= 4 is 12.0 Å². The zero-order valence-electron chi connectivity index (χ0n) is 39.1. The van der Waals surface area contributed by atoms with Gasteiger partial charge in [-0.2, -0.15) is 0 Å². The van der Waals surface area contributed by atoms with Gasteiger partial charge in [-0.15, -0.1) is 0 Å². The number of cyclic esters (lactones) is 1.